The summed E-state index contributed by atoms with van der Waals surface area (Å²) < 4.78 is 0. The predicted octanol–water partition coefficient (Wildman–Crippen LogP) is 2.56. The van der Waals surface area contributed by atoms with Gasteiger partial charge in [-0.05, 0) is 37.1 Å². The molecule has 3 aliphatic rings. The quantitative estimate of drug-likeness (QED) is 0.602. The first kappa shape index (κ1) is 8.28. The lowest BCUT2D eigenvalue weighted by atomic mass is 9.71. The van der Waals surface area contributed by atoms with Gasteiger partial charge in [0.1, 0.15) is 0 Å². The average Bonchev–Trinajstić information content (AvgIpc) is 2.44. The fourth-order valence-electron chi connectivity index (χ4n) is 4.15. The lowest BCUT2D eigenvalue weighted by molar-refractivity contribution is 0.179. The molecule has 0 aromatic carbocycles. The molecule has 0 amide bonds. The van der Waals surface area contributed by atoms with Gasteiger partial charge in [0.05, 0.1) is 0 Å². The van der Waals surface area contributed by atoms with E-state index < -0.39 is 0 Å². The fourth-order valence-corrected chi connectivity index (χ4v) is 4.15. The van der Waals surface area contributed by atoms with Gasteiger partial charge in [0.15, 0.2) is 0 Å². The maximum atomic E-state index is 3.76. The lowest BCUT2D eigenvalue weighted by Gasteiger charge is -2.35. The largest absolute Gasteiger partial charge is 0.313 e. The van der Waals surface area contributed by atoms with E-state index in [1.807, 2.05) is 0 Å². The Morgan fingerprint density at radius 2 is 1.54 bits per heavy atom. The zero-order valence-corrected chi connectivity index (χ0v) is 8.47. The minimum atomic E-state index is 0.918. The van der Waals surface area contributed by atoms with Crippen LogP contribution in [0, 0.1) is 17.8 Å². The predicted molar refractivity (Wildman–Crippen MR) is 54.6 cm³/mol. The summed E-state index contributed by atoms with van der Waals surface area (Å²) in [7, 11) is 0. The standard InChI is InChI=1S/C12H21N/c1-2-5-10-8-13-11-7-3-6-9(4-1)12(10)11/h9-13H,1-8H2. The van der Waals surface area contributed by atoms with Gasteiger partial charge in [0.25, 0.3) is 0 Å². The Balaban J connectivity index is 1.83. The number of rotatable bonds is 0. The first-order valence-corrected chi connectivity index (χ1v) is 6.18. The average molecular weight is 179 g/mol. The zero-order chi connectivity index (χ0) is 8.67. The first-order chi connectivity index (χ1) is 6.45. The van der Waals surface area contributed by atoms with E-state index in [1.165, 1.54) is 38.6 Å². The smallest absolute Gasteiger partial charge is 0.0101 e. The van der Waals surface area contributed by atoms with Crippen LogP contribution in [0.1, 0.15) is 44.9 Å². The monoisotopic (exact) mass is 179 g/mol. The second-order valence-corrected chi connectivity index (χ2v) is 5.33. The molecule has 4 atom stereocenters. The summed E-state index contributed by atoms with van der Waals surface area (Å²) in [5.74, 6) is 3.23. The molecule has 0 radical (unpaired) electrons. The van der Waals surface area contributed by atoms with Gasteiger partial charge in [-0.2, -0.15) is 0 Å². The minimum absolute atomic E-state index is 0.918. The molecule has 3 fully saturated rings. The summed E-state index contributed by atoms with van der Waals surface area (Å²) >= 11 is 0. The van der Waals surface area contributed by atoms with Crippen molar-refractivity contribution in [2.45, 2.75) is 51.0 Å². The highest BCUT2D eigenvalue weighted by atomic mass is 15.0. The van der Waals surface area contributed by atoms with Gasteiger partial charge in [-0.25, -0.2) is 0 Å². The van der Waals surface area contributed by atoms with Gasteiger partial charge in [0, 0.05) is 6.04 Å². The van der Waals surface area contributed by atoms with Crippen LogP contribution in [0.5, 0.6) is 0 Å². The van der Waals surface area contributed by atoms with Crippen LogP contribution in [0.4, 0.5) is 0 Å². The summed E-state index contributed by atoms with van der Waals surface area (Å²) in [4.78, 5) is 0. The molecule has 1 N–H and O–H groups in total. The Hall–Kier alpha value is -0.0400. The van der Waals surface area contributed by atoms with E-state index in [-0.39, 0.29) is 0 Å². The molecule has 74 valence electrons. The molecule has 1 nitrogen and oxygen atoms in total. The van der Waals surface area contributed by atoms with Crippen molar-refractivity contribution < 1.29 is 0 Å². The Bertz CT molecular complexity index is 190. The molecular formula is C12H21N. The van der Waals surface area contributed by atoms with E-state index in [2.05, 4.69) is 5.32 Å². The summed E-state index contributed by atoms with van der Waals surface area (Å²) in [5.41, 5.74) is 0. The van der Waals surface area contributed by atoms with Gasteiger partial charge in [-0.1, -0.05) is 32.1 Å². The third-order valence-corrected chi connectivity index (χ3v) is 4.69. The van der Waals surface area contributed by atoms with Gasteiger partial charge in [-0.15, -0.1) is 0 Å². The molecule has 1 aliphatic heterocycles. The molecule has 0 bridgehead atoms. The first-order valence-electron chi connectivity index (χ1n) is 6.18. The third kappa shape index (κ3) is 1.32. The van der Waals surface area contributed by atoms with E-state index in [1.54, 1.807) is 12.8 Å². The summed E-state index contributed by atoms with van der Waals surface area (Å²) in [6.07, 6.45) is 10.6. The summed E-state index contributed by atoms with van der Waals surface area (Å²) in [5, 5.41) is 3.76. The molecule has 13 heavy (non-hydrogen) atoms. The SMILES string of the molecule is C1CCC2CNC3CCCC(C1)C23. The Labute approximate surface area is 81.3 Å². The van der Waals surface area contributed by atoms with Gasteiger partial charge in [0.2, 0.25) is 0 Å². The Morgan fingerprint density at radius 3 is 2.46 bits per heavy atom. The molecule has 1 saturated heterocycles. The maximum absolute atomic E-state index is 3.76. The van der Waals surface area contributed by atoms with Crippen molar-refractivity contribution in [3.8, 4) is 0 Å². The highest BCUT2D eigenvalue weighted by Crippen LogP contribution is 2.45. The van der Waals surface area contributed by atoms with Gasteiger partial charge < -0.3 is 5.32 Å². The highest BCUT2D eigenvalue weighted by molar-refractivity contribution is 4.97. The second-order valence-electron chi connectivity index (χ2n) is 5.33. The number of hydrogen-bond acceptors (Lipinski definition) is 1. The van der Waals surface area contributed by atoms with Crippen molar-refractivity contribution in [1.29, 1.82) is 0 Å². The maximum Gasteiger partial charge on any atom is 0.0101 e. The van der Waals surface area contributed by atoms with Crippen molar-refractivity contribution in [2.24, 2.45) is 17.8 Å². The summed E-state index contributed by atoms with van der Waals surface area (Å²) in [6.45, 7) is 1.34. The van der Waals surface area contributed by atoms with Crippen LogP contribution in [0.25, 0.3) is 0 Å². The Morgan fingerprint density at radius 1 is 0.769 bits per heavy atom. The van der Waals surface area contributed by atoms with Crippen LogP contribution in [-0.2, 0) is 0 Å². The molecule has 2 saturated carbocycles. The normalized spacial score (nSPS) is 49.8. The van der Waals surface area contributed by atoms with Gasteiger partial charge in [-0.3, -0.25) is 0 Å². The van der Waals surface area contributed by atoms with Crippen molar-refractivity contribution in [1.82, 2.24) is 5.32 Å². The van der Waals surface area contributed by atoms with Crippen LogP contribution in [0.2, 0.25) is 0 Å². The minimum Gasteiger partial charge on any atom is -0.313 e. The van der Waals surface area contributed by atoms with Gasteiger partial charge >= 0.3 is 0 Å². The van der Waals surface area contributed by atoms with Crippen LogP contribution >= 0.6 is 0 Å². The molecule has 1 heterocycles. The highest BCUT2D eigenvalue weighted by Gasteiger charge is 2.43. The molecular weight excluding hydrogens is 158 g/mol. The van der Waals surface area contributed by atoms with E-state index >= 15 is 0 Å². The molecule has 4 unspecified atom stereocenters. The molecule has 1 heteroatoms. The third-order valence-electron chi connectivity index (χ3n) is 4.69. The van der Waals surface area contributed by atoms with E-state index in [0.717, 1.165) is 23.8 Å². The summed E-state index contributed by atoms with van der Waals surface area (Å²) in [6, 6.07) is 0.918. The second kappa shape index (κ2) is 3.27. The van der Waals surface area contributed by atoms with Crippen molar-refractivity contribution in [3.63, 3.8) is 0 Å². The Kier molecular flexibility index (Phi) is 2.08. The number of nitrogens with one attached hydrogen (secondary N) is 1. The molecule has 2 aliphatic carbocycles. The van der Waals surface area contributed by atoms with E-state index in [0.29, 0.717) is 0 Å². The van der Waals surface area contributed by atoms with Crippen molar-refractivity contribution in [3.05, 3.63) is 0 Å². The molecule has 0 spiro atoms. The topological polar surface area (TPSA) is 12.0 Å². The van der Waals surface area contributed by atoms with Crippen molar-refractivity contribution >= 4 is 0 Å². The van der Waals surface area contributed by atoms with Crippen LogP contribution in [0.3, 0.4) is 0 Å². The van der Waals surface area contributed by atoms with Crippen LogP contribution in [-0.4, -0.2) is 12.6 Å². The van der Waals surface area contributed by atoms with Crippen LogP contribution < -0.4 is 5.32 Å². The zero-order valence-electron chi connectivity index (χ0n) is 8.47. The fraction of sp³-hybridized carbons (Fsp3) is 1.00. The molecule has 0 aromatic rings. The number of hydrogen-bond donors (Lipinski definition) is 1. The van der Waals surface area contributed by atoms with Crippen molar-refractivity contribution in [2.75, 3.05) is 6.54 Å². The van der Waals surface area contributed by atoms with Crippen LogP contribution in [0.15, 0.2) is 0 Å². The lowest BCUT2D eigenvalue weighted by Crippen LogP contribution is -2.35. The van der Waals surface area contributed by atoms with E-state index in [9.17, 15) is 0 Å². The molecule has 3 rings (SSSR count). The van der Waals surface area contributed by atoms with E-state index in [4.69, 9.17) is 0 Å². The molecule has 0 aromatic heterocycles.